The van der Waals surface area contributed by atoms with Crippen molar-refractivity contribution in [1.82, 2.24) is 4.90 Å². The number of carbonyl (C=O) groups is 1. The van der Waals surface area contributed by atoms with Crippen LogP contribution in [-0.2, 0) is 4.79 Å². The first-order valence-electron chi connectivity index (χ1n) is 6.46. The topological polar surface area (TPSA) is 47.7 Å². The number of hydrogen-bond donors (Lipinski definition) is 1. The number of pyridine rings is 1. The summed E-state index contributed by atoms with van der Waals surface area (Å²) in [5.74, 6) is 0.835. The van der Waals surface area contributed by atoms with Gasteiger partial charge in [0.1, 0.15) is 19.3 Å². The van der Waals surface area contributed by atoms with Gasteiger partial charge in [-0.05, 0) is 19.9 Å². The Hall–Kier alpha value is -2.04. The highest BCUT2D eigenvalue weighted by Gasteiger charge is 2.26. The molecule has 0 radical (unpaired) electrons. The molecule has 0 bridgehead atoms. The first-order valence-corrected chi connectivity index (χ1v) is 6.46. The van der Waals surface area contributed by atoms with Gasteiger partial charge in [-0.15, -0.1) is 0 Å². The quantitative estimate of drug-likeness (QED) is 0.488. The molecule has 0 atom stereocenters. The van der Waals surface area contributed by atoms with Crippen LogP contribution in [0.15, 0.2) is 36.0 Å². The number of amides is 1. The predicted molar refractivity (Wildman–Crippen MR) is 72.0 cm³/mol. The normalized spacial score (nSPS) is 15.3. The van der Waals surface area contributed by atoms with Gasteiger partial charge < -0.3 is 10.1 Å². The lowest BCUT2D eigenvalue weighted by Crippen LogP contribution is -2.51. The minimum absolute atomic E-state index is 0.0737. The average molecular weight is 262 g/mol. The minimum Gasteiger partial charge on any atom is -0.350 e. The molecule has 0 aromatic carbocycles. The summed E-state index contributed by atoms with van der Waals surface area (Å²) in [4.78, 5) is 15.8. The third-order valence-electron chi connectivity index (χ3n) is 3.15. The molecule has 1 amide bonds. The van der Waals surface area contributed by atoms with Gasteiger partial charge in [0.15, 0.2) is 0 Å². The number of anilines is 1. The molecule has 0 unspecified atom stereocenters. The molecule has 1 aliphatic rings. The molecule has 1 fully saturated rings. The first kappa shape index (κ1) is 13.4. The maximum atomic E-state index is 11.9. The van der Waals surface area contributed by atoms with E-state index in [1.165, 1.54) is 0 Å². The largest absolute Gasteiger partial charge is 0.350 e. The van der Waals surface area contributed by atoms with Crippen molar-refractivity contribution in [1.29, 1.82) is 0 Å². The Morgan fingerprint density at radius 2 is 1.95 bits per heavy atom. The van der Waals surface area contributed by atoms with Crippen molar-refractivity contribution in [2.45, 2.75) is 13.8 Å². The molecule has 1 aromatic heterocycles. The van der Waals surface area contributed by atoms with Crippen LogP contribution in [0, 0.1) is 0 Å². The van der Waals surface area contributed by atoms with E-state index in [1.807, 2.05) is 30.9 Å². The molecule has 2 rings (SSSR count). The molecule has 1 saturated heterocycles. The van der Waals surface area contributed by atoms with E-state index in [2.05, 4.69) is 4.90 Å². The maximum absolute atomic E-state index is 11.9. The van der Waals surface area contributed by atoms with Crippen LogP contribution < -0.4 is 9.63 Å². The maximum Gasteiger partial charge on any atom is 0.316 e. The zero-order chi connectivity index (χ0) is 13.8. The van der Waals surface area contributed by atoms with E-state index >= 15 is 0 Å². The smallest absolute Gasteiger partial charge is 0.316 e. The van der Waals surface area contributed by atoms with Crippen LogP contribution in [0.5, 0.6) is 0 Å². The molecule has 102 valence electrons. The molecule has 2 heterocycles. The minimum atomic E-state index is 0.0737. The van der Waals surface area contributed by atoms with Gasteiger partial charge in [-0.3, -0.25) is 9.69 Å². The summed E-state index contributed by atoms with van der Waals surface area (Å²) < 4.78 is 1.12. The number of carbonyl (C=O) groups excluding carboxylic acids is 1. The van der Waals surface area contributed by atoms with E-state index in [0.29, 0.717) is 13.1 Å². The van der Waals surface area contributed by atoms with Crippen LogP contribution in [0.2, 0.25) is 0 Å². The van der Waals surface area contributed by atoms with Crippen LogP contribution >= 0.6 is 0 Å². The second-order valence-corrected chi connectivity index (χ2v) is 4.94. The molecular weight excluding hydrogens is 242 g/mol. The van der Waals surface area contributed by atoms with Crippen molar-refractivity contribution in [3.63, 3.8) is 0 Å². The fourth-order valence-electron chi connectivity index (χ4n) is 2.17. The summed E-state index contributed by atoms with van der Waals surface area (Å²) in [6.45, 7) is 6.66. The van der Waals surface area contributed by atoms with Gasteiger partial charge in [0.05, 0.1) is 13.1 Å². The lowest BCUT2D eigenvalue weighted by atomic mass is 10.2. The molecule has 0 aliphatic carbocycles. The van der Waals surface area contributed by atoms with Crippen molar-refractivity contribution < 1.29 is 14.7 Å². The summed E-state index contributed by atoms with van der Waals surface area (Å²) >= 11 is 0. The first-order chi connectivity index (χ1) is 9.08. The number of hydrogen-bond acceptors (Lipinski definition) is 3. The van der Waals surface area contributed by atoms with Gasteiger partial charge in [0.2, 0.25) is 5.91 Å². The van der Waals surface area contributed by atoms with Crippen molar-refractivity contribution in [2.24, 2.45) is 0 Å². The fourth-order valence-corrected chi connectivity index (χ4v) is 2.17. The molecule has 0 saturated carbocycles. The third kappa shape index (κ3) is 3.24. The summed E-state index contributed by atoms with van der Waals surface area (Å²) in [6.07, 6.45) is 3.28. The number of rotatable bonds is 2. The Balaban J connectivity index is 1.98. The zero-order valence-electron chi connectivity index (χ0n) is 11.4. The zero-order valence-corrected chi connectivity index (χ0v) is 11.4. The summed E-state index contributed by atoms with van der Waals surface area (Å²) in [7, 11) is 0. The van der Waals surface area contributed by atoms with Gasteiger partial charge in [-0.25, -0.2) is 0 Å². The van der Waals surface area contributed by atoms with E-state index in [0.717, 1.165) is 29.2 Å². The molecule has 1 N–H and O–H groups in total. The van der Waals surface area contributed by atoms with E-state index in [1.54, 1.807) is 18.3 Å². The van der Waals surface area contributed by atoms with Crippen molar-refractivity contribution in [3.8, 4) is 0 Å². The average Bonchev–Trinajstić information content (AvgIpc) is 2.39. The van der Waals surface area contributed by atoms with Gasteiger partial charge in [0.25, 0.3) is 0 Å². The van der Waals surface area contributed by atoms with Crippen LogP contribution in [-0.4, -0.2) is 42.2 Å². The Kier molecular flexibility index (Phi) is 4.04. The van der Waals surface area contributed by atoms with Crippen LogP contribution in [0.1, 0.15) is 13.8 Å². The SMILES string of the molecule is CC(C)=CC(=O)N1CCN(c2cccc[n+]2O)CC1. The van der Waals surface area contributed by atoms with Crippen LogP contribution in [0.3, 0.4) is 0 Å². The lowest BCUT2D eigenvalue weighted by molar-refractivity contribution is -0.894. The third-order valence-corrected chi connectivity index (χ3v) is 3.15. The van der Waals surface area contributed by atoms with E-state index < -0.39 is 0 Å². The lowest BCUT2D eigenvalue weighted by Gasteiger charge is -2.30. The molecule has 0 spiro atoms. The predicted octanol–water partition coefficient (Wildman–Crippen LogP) is 0.826. The summed E-state index contributed by atoms with van der Waals surface area (Å²) in [6, 6.07) is 5.54. The Morgan fingerprint density at radius 3 is 2.53 bits per heavy atom. The molecular formula is C14H20N3O2+. The van der Waals surface area contributed by atoms with Crippen molar-refractivity contribution in [2.75, 3.05) is 31.1 Å². The molecule has 19 heavy (non-hydrogen) atoms. The van der Waals surface area contributed by atoms with E-state index in [-0.39, 0.29) is 5.91 Å². The van der Waals surface area contributed by atoms with E-state index in [9.17, 15) is 10.0 Å². The van der Waals surface area contributed by atoms with Gasteiger partial charge in [-0.1, -0.05) is 16.4 Å². The fraction of sp³-hybridized carbons (Fsp3) is 0.429. The molecule has 5 nitrogen and oxygen atoms in total. The second-order valence-electron chi connectivity index (χ2n) is 4.94. The standard InChI is InChI=1S/C14H20N3O2/c1-12(2)11-14(18)16-9-7-15(8-10-16)13-5-3-4-6-17(13)19/h3-6,11,19H,7-10H2,1-2H3/q+1. The number of allylic oxidation sites excluding steroid dienone is 1. The van der Waals surface area contributed by atoms with Crippen LogP contribution in [0.25, 0.3) is 0 Å². The second kappa shape index (κ2) is 5.73. The van der Waals surface area contributed by atoms with Gasteiger partial charge in [-0.2, -0.15) is 0 Å². The highest BCUT2D eigenvalue weighted by atomic mass is 16.5. The molecule has 5 heteroatoms. The van der Waals surface area contributed by atoms with Gasteiger partial charge in [0, 0.05) is 12.1 Å². The highest BCUT2D eigenvalue weighted by Crippen LogP contribution is 2.11. The van der Waals surface area contributed by atoms with E-state index in [4.69, 9.17) is 0 Å². The Morgan fingerprint density at radius 1 is 1.26 bits per heavy atom. The highest BCUT2D eigenvalue weighted by molar-refractivity contribution is 5.88. The van der Waals surface area contributed by atoms with Crippen molar-refractivity contribution in [3.05, 3.63) is 36.0 Å². The summed E-state index contributed by atoms with van der Waals surface area (Å²) in [5, 5.41) is 9.74. The number of nitrogens with zero attached hydrogens (tertiary/aromatic N) is 3. The Bertz CT molecular complexity index is 487. The number of piperazine rings is 1. The monoisotopic (exact) mass is 262 g/mol. The van der Waals surface area contributed by atoms with Gasteiger partial charge >= 0.3 is 5.82 Å². The number of aromatic nitrogens is 1. The summed E-state index contributed by atoms with van der Waals surface area (Å²) in [5.41, 5.74) is 1.02. The molecule has 1 aliphatic heterocycles. The van der Waals surface area contributed by atoms with Crippen LogP contribution in [0.4, 0.5) is 5.82 Å². The van der Waals surface area contributed by atoms with Crippen molar-refractivity contribution >= 4 is 11.7 Å². The molecule has 1 aromatic rings. The Labute approximate surface area is 113 Å².